The molecule has 1 aliphatic carbocycles. The average molecular weight is 140 g/mol. The molecule has 1 saturated heterocycles. The highest BCUT2D eigenvalue weighted by Gasteiger charge is 2.52. The Kier molecular flexibility index (Phi) is 1.29. The number of nitrogens with zero attached hydrogens (tertiary/aromatic N) is 1. The Bertz CT molecular complexity index is 138. The van der Waals surface area contributed by atoms with Crippen LogP contribution in [0, 0.1) is 5.41 Å². The molecule has 2 fully saturated rings. The summed E-state index contributed by atoms with van der Waals surface area (Å²) < 4.78 is 0. The smallest absolute Gasteiger partial charge is 0.0120 e. The molecule has 1 spiro atoms. The highest BCUT2D eigenvalue weighted by atomic mass is 15.2. The van der Waals surface area contributed by atoms with Crippen LogP contribution in [0.4, 0.5) is 0 Å². The Labute approximate surface area is 62.4 Å². The molecule has 1 atom stereocenters. The third kappa shape index (κ3) is 0.663. The molecular formula is C8H16N2. The van der Waals surface area contributed by atoms with Gasteiger partial charge in [0.05, 0.1) is 0 Å². The second kappa shape index (κ2) is 1.95. The monoisotopic (exact) mass is 140 g/mol. The fourth-order valence-electron chi connectivity index (χ4n) is 2.18. The highest BCUT2D eigenvalue weighted by Crippen LogP contribution is 2.46. The van der Waals surface area contributed by atoms with Crippen LogP contribution in [0.5, 0.6) is 0 Å². The van der Waals surface area contributed by atoms with Crippen LogP contribution < -0.4 is 5.73 Å². The van der Waals surface area contributed by atoms with E-state index in [-0.39, 0.29) is 0 Å². The van der Waals surface area contributed by atoms with Gasteiger partial charge >= 0.3 is 0 Å². The van der Waals surface area contributed by atoms with Crippen molar-refractivity contribution < 1.29 is 0 Å². The van der Waals surface area contributed by atoms with Crippen LogP contribution in [-0.4, -0.2) is 30.6 Å². The van der Waals surface area contributed by atoms with Crippen molar-refractivity contribution in [2.45, 2.75) is 25.8 Å². The van der Waals surface area contributed by atoms with E-state index in [9.17, 15) is 0 Å². The van der Waals surface area contributed by atoms with Gasteiger partial charge < -0.3 is 10.6 Å². The van der Waals surface area contributed by atoms with Gasteiger partial charge in [0.1, 0.15) is 0 Å². The molecule has 0 aromatic rings. The quantitative estimate of drug-likeness (QED) is 0.572. The molecule has 0 aromatic carbocycles. The number of rotatable bonds is 1. The molecular weight excluding hydrogens is 124 g/mol. The molecule has 1 heterocycles. The van der Waals surface area contributed by atoms with Gasteiger partial charge in [-0.05, 0) is 19.4 Å². The third-order valence-electron chi connectivity index (χ3n) is 3.26. The molecule has 2 N–H and O–H groups in total. The zero-order valence-electron chi connectivity index (χ0n) is 6.64. The summed E-state index contributed by atoms with van der Waals surface area (Å²) in [5.74, 6) is 0. The zero-order chi connectivity index (χ0) is 7.19. The summed E-state index contributed by atoms with van der Waals surface area (Å²) in [7, 11) is 0. The van der Waals surface area contributed by atoms with Gasteiger partial charge in [-0.1, -0.05) is 6.92 Å². The molecule has 1 saturated carbocycles. The molecule has 58 valence electrons. The third-order valence-corrected chi connectivity index (χ3v) is 3.26. The summed E-state index contributed by atoms with van der Waals surface area (Å²) in [6.07, 6.45) is 2.64. The Morgan fingerprint density at radius 1 is 1.60 bits per heavy atom. The molecule has 2 aliphatic rings. The molecule has 2 rings (SSSR count). The topological polar surface area (TPSA) is 29.3 Å². The summed E-state index contributed by atoms with van der Waals surface area (Å²) >= 11 is 0. The highest BCUT2D eigenvalue weighted by molar-refractivity contribution is 5.07. The summed E-state index contributed by atoms with van der Waals surface area (Å²) in [4.78, 5) is 2.47. The van der Waals surface area contributed by atoms with E-state index in [4.69, 9.17) is 5.73 Å². The van der Waals surface area contributed by atoms with Crippen molar-refractivity contribution >= 4 is 0 Å². The van der Waals surface area contributed by atoms with Crippen LogP contribution in [0.15, 0.2) is 0 Å². The van der Waals surface area contributed by atoms with Gasteiger partial charge in [0, 0.05) is 24.5 Å². The number of nitrogens with two attached hydrogens (primary N) is 1. The summed E-state index contributed by atoms with van der Waals surface area (Å²) in [6, 6.07) is 0.523. The van der Waals surface area contributed by atoms with Crippen LogP contribution in [0.2, 0.25) is 0 Å². The van der Waals surface area contributed by atoms with E-state index in [0.717, 1.165) is 0 Å². The first-order chi connectivity index (χ1) is 4.77. The van der Waals surface area contributed by atoms with E-state index in [2.05, 4.69) is 11.8 Å². The predicted molar refractivity (Wildman–Crippen MR) is 41.8 cm³/mol. The molecule has 0 radical (unpaired) electrons. The van der Waals surface area contributed by atoms with E-state index in [1.807, 2.05) is 0 Å². The second-order valence-corrected chi connectivity index (χ2v) is 3.81. The van der Waals surface area contributed by atoms with Crippen molar-refractivity contribution in [3.8, 4) is 0 Å². The molecule has 1 aliphatic heterocycles. The van der Waals surface area contributed by atoms with E-state index in [1.54, 1.807) is 0 Å². The van der Waals surface area contributed by atoms with Crippen LogP contribution in [0.3, 0.4) is 0 Å². The van der Waals surface area contributed by atoms with E-state index >= 15 is 0 Å². The van der Waals surface area contributed by atoms with Crippen LogP contribution in [-0.2, 0) is 0 Å². The normalized spacial score (nSPS) is 37.2. The van der Waals surface area contributed by atoms with E-state index in [0.29, 0.717) is 11.5 Å². The van der Waals surface area contributed by atoms with Gasteiger partial charge in [0.15, 0.2) is 0 Å². The lowest BCUT2D eigenvalue weighted by molar-refractivity contribution is -0.0747. The molecule has 1 unspecified atom stereocenters. The molecule has 10 heavy (non-hydrogen) atoms. The lowest BCUT2D eigenvalue weighted by atomic mass is 9.60. The Morgan fingerprint density at radius 3 is 2.60 bits per heavy atom. The van der Waals surface area contributed by atoms with Gasteiger partial charge in [0.25, 0.3) is 0 Å². The first-order valence-electron chi connectivity index (χ1n) is 4.25. The minimum atomic E-state index is 0.523. The molecule has 0 aromatic heterocycles. The Hall–Kier alpha value is -0.0800. The van der Waals surface area contributed by atoms with Crippen LogP contribution >= 0.6 is 0 Å². The average Bonchev–Trinajstić information content (AvgIpc) is 1.83. The SMILES string of the molecule is CCN1CC2(CCC2N)C1. The number of hydrogen-bond acceptors (Lipinski definition) is 2. The Balaban J connectivity index is 1.88. The predicted octanol–water partition coefficient (Wildman–Crippen LogP) is 0.429. The van der Waals surface area contributed by atoms with E-state index in [1.165, 1.54) is 32.5 Å². The molecule has 2 heteroatoms. The van der Waals surface area contributed by atoms with Crippen molar-refractivity contribution in [2.75, 3.05) is 19.6 Å². The van der Waals surface area contributed by atoms with Gasteiger partial charge in [-0.15, -0.1) is 0 Å². The Morgan fingerprint density at radius 2 is 2.30 bits per heavy atom. The maximum atomic E-state index is 5.91. The first kappa shape index (κ1) is 6.62. The maximum absolute atomic E-state index is 5.91. The summed E-state index contributed by atoms with van der Waals surface area (Å²) in [5, 5.41) is 0. The largest absolute Gasteiger partial charge is 0.327 e. The molecule has 2 nitrogen and oxygen atoms in total. The minimum Gasteiger partial charge on any atom is -0.327 e. The number of likely N-dealkylation sites (tertiary alicyclic amines) is 1. The van der Waals surface area contributed by atoms with Crippen LogP contribution in [0.25, 0.3) is 0 Å². The van der Waals surface area contributed by atoms with Crippen molar-refractivity contribution in [2.24, 2.45) is 11.1 Å². The molecule has 0 bridgehead atoms. The van der Waals surface area contributed by atoms with E-state index < -0.39 is 0 Å². The molecule has 0 amide bonds. The van der Waals surface area contributed by atoms with Gasteiger partial charge in [-0.2, -0.15) is 0 Å². The summed E-state index contributed by atoms with van der Waals surface area (Å²) in [5.41, 5.74) is 6.49. The lowest BCUT2D eigenvalue weighted by Crippen LogP contribution is -2.68. The van der Waals surface area contributed by atoms with Crippen molar-refractivity contribution in [3.63, 3.8) is 0 Å². The maximum Gasteiger partial charge on any atom is 0.0120 e. The number of hydrogen-bond donors (Lipinski definition) is 1. The van der Waals surface area contributed by atoms with Crippen molar-refractivity contribution in [1.82, 2.24) is 4.90 Å². The first-order valence-corrected chi connectivity index (χ1v) is 4.25. The van der Waals surface area contributed by atoms with Gasteiger partial charge in [0.2, 0.25) is 0 Å². The minimum absolute atomic E-state index is 0.523. The standard InChI is InChI=1S/C8H16N2/c1-2-10-5-8(6-10)4-3-7(8)9/h7H,2-6,9H2,1H3. The fraction of sp³-hybridized carbons (Fsp3) is 1.00. The van der Waals surface area contributed by atoms with Crippen LogP contribution in [0.1, 0.15) is 19.8 Å². The van der Waals surface area contributed by atoms with Crippen molar-refractivity contribution in [1.29, 1.82) is 0 Å². The van der Waals surface area contributed by atoms with Gasteiger partial charge in [-0.25, -0.2) is 0 Å². The zero-order valence-corrected chi connectivity index (χ0v) is 6.64. The fourth-order valence-corrected chi connectivity index (χ4v) is 2.18. The van der Waals surface area contributed by atoms with Crippen molar-refractivity contribution in [3.05, 3.63) is 0 Å². The second-order valence-electron chi connectivity index (χ2n) is 3.81. The summed E-state index contributed by atoms with van der Waals surface area (Å²) in [6.45, 7) is 5.96. The van der Waals surface area contributed by atoms with Gasteiger partial charge in [-0.3, -0.25) is 0 Å². The lowest BCUT2D eigenvalue weighted by Gasteiger charge is -2.59.